The van der Waals surface area contributed by atoms with Crippen molar-refractivity contribution < 1.29 is 19.2 Å². The van der Waals surface area contributed by atoms with E-state index in [4.69, 9.17) is 9.47 Å². The third-order valence-electron chi connectivity index (χ3n) is 3.55. The van der Waals surface area contributed by atoms with E-state index >= 15 is 0 Å². The maximum atomic E-state index is 11.4. The fraction of sp³-hybridized carbons (Fsp3) is 0.312. The summed E-state index contributed by atoms with van der Waals surface area (Å²) < 4.78 is 10.7. The van der Waals surface area contributed by atoms with Crippen molar-refractivity contribution in [3.8, 4) is 5.75 Å². The normalized spacial score (nSPS) is 15.3. The van der Waals surface area contributed by atoms with Gasteiger partial charge in [-0.25, -0.2) is 0 Å². The second-order valence-electron chi connectivity index (χ2n) is 5.21. The Balaban J connectivity index is 1.66. The first kappa shape index (κ1) is 16.3. The number of anilines is 1. The van der Waals surface area contributed by atoms with Gasteiger partial charge in [-0.2, -0.15) is 0 Å². The van der Waals surface area contributed by atoms with Gasteiger partial charge in [0.25, 0.3) is 0 Å². The molecule has 1 aromatic carbocycles. The topological polar surface area (TPSA) is 90.7 Å². The highest BCUT2D eigenvalue weighted by atomic mass is 32.1. The second kappa shape index (κ2) is 6.88. The van der Waals surface area contributed by atoms with Crippen molar-refractivity contribution in [3.05, 3.63) is 50.9 Å². The van der Waals surface area contributed by atoms with Crippen molar-refractivity contribution in [2.75, 3.05) is 11.9 Å². The van der Waals surface area contributed by atoms with E-state index < -0.39 is 11.2 Å². The molecule has 1 N–H and O–H groups in total. The summed E-state index contributed by atoms with van der Waals surface area (Å²) in [6, 6.07) is 8.83. The molecule has 0 fully saturated rings. The van der Waals surface area contributed by atoms with Crippen LogP contribution in [0.3, 0.4) is 0 Å². The van der Waals surface area contributed by atoms with E-state index in [0.29, 0.717) is 25.2 Å². The molecule has 2 aromatic rings. The summed E-state index contributed by atoms with van der Waals surface area (Å²) in [6.07, 6.45) is 0.482. The summed E-state index contributed by atoms with van der Waals surface area (Å²) in [6.45, 7) is 2.16. The molecule has 3 rings (SSSR count). The number of nitrogens with zero attached hydrogens (tertiary/aromatic N) is 1. The molecule has 1 aliphatic heterocycles. The standard InChI is InChI=1S/C16H16N2O5S/c1-2-22-15(19)8-4-10-3-5-12-11(9-10)17-16(23-12)13-6-7-14(24-13)18(20)21/h3,5-7,9,16-17H,2,4,8H2,1H3. The number of nitrogens with one attached hydrogen (secondary N) is 1. The van der Waals surface area contributed by atoms with Gasteiger partial charge in [0.05, 0.1) is 22.1 Å². The molecule has 24 heavy (non-hydrogen) atoms. The zero-order valence-corrected chi connectivity index (χ0v) is 13.8. The number of benzene rings is 1. The fourth-order valence-electron chi connectivity index (χ4n) is 2.44. The highest BCUT2D eigenvalue weighted by Crippen LogP contribution is 2.41. The van der Waals surface area contributed by atoms with Crippen LogP contribution in [0.25, 0.3) is 0 Å². The number of ether oxygens (including phenoxy) is 2. The summed E-state index contributed by atoms with van der Waals surface area (Å²) in [4.78, 5) is 22.5. The molecule has 0 aliphatic carbocycles. The van der Waals surface area contributed by atoms with Crippen LogP contribution in [-0.2, 0) is 16.0 Å². The Bertz CT molecular complexity index is 774. The molecule has 2 heterocycles. The summed E-state index contributed by atoms with van der Waals surface area (Å²) in [7, 11) is 0. The predicted molar refractivity (Wildman–Crippen MR) is 89.4 cm³/mol. The maximum Gasteiger partial charge on any atom is 0.324 e. The molecule has 0 radical (unpaired) electrons. The minimum absolute atomic E-state index is 0.0847. The first-order valence-electron chi connectivity index (χ1n) is 7.52. The van der Waals surface area contributed by atoms with Crippen LogP contribution < -0.4 is 10.1 Å². The van der Waals surface area contributed by atoms with Crippen LogP contribution in [0.2, 0.25) is 0 Å². The van der Waals surface area contributed by atoms with Gasteiger partial charge < -0.3 is 14.8 Å². The molecule has 0 amide bonds. The average molecular weight is 348 g/mol. The van der Waals surface area contributed by atoms with E-state index in [1.165, 1.54) is 6.07 Å². The zero-order chi connectivity index (χ0) is 17.1. The van der Waals surface area contributed by atoms with Gasteiger partial charge in [-0.05, 0) is 37.1 Å². The fourth-order valence-corrected chi connectivity index (χ4v) is 3.24. The van der Waals surface area contributed by atoms with Crippen LogP contribution in [0.15, 0.2) is 30.3 Å². The van der Waals surface area contributed by atoms with Gasteiger partial charge in [0.1, 0.15) is 5.75 Å². The molecule has 0 saturated heterocycles. The molecular formula is C16H16N2O5S. The van der Waals surface area contributed by atoms with Gasteiger partial charge in [0.15, 0.2) is 0 Å². The average Bonchev–Trinajstić information content (AvgIpc) is 3.19. The first-order chi connectivity index (χ1) is 11.6. The van der Waals surface area contributed by atoms with Crippen LogP contribution in [0, 0.1) is 10.1 Å². The molecule has 7 nitrogen and oxygen atoms in total. The number of rotatable bonds is 6. The molecule has 0 spiro atoms. The van der Waals surface area contributed by atoms with Crippen molar-refractivity contribution in [1.82, 2.24) is 0 Å². The van der Waals surface area contributed by atoms with Crippen molar-refractivity contribution >= 4 is 28.0 Å². The number of hydrogen-bond acceptors (Lipinski definition) is 7. The molecular weight excluding hydrogens is 332 g/mol. The summed E-state index contributed by atoms with van der Waals surface area (Å²) in [5.74, 6) is 0.474. The third-order valence-corrected chi connectivity index (χ3v) is 4.63. The molecule has 1 aromatic heterocycles. The Kier molecular flexibility index (Phi) is 4.66. The number of aryl methyl sites for hydroxylation is 1. The van der Waals surface area contributed by atoms with Crippen LogP contribution in [0.1, 0.15) is 30.0 Å². The summed E-state index contributed by atoms with van der Waals surface area (Å²) >= 11 is 1.08. The van der Waals surface area contributed by atoms with E-state index in [9.17, 15) is 14.9 Å². The van der Waals surface area contributed by atoms with Gasteiger partial charge in [0, 0.05) is 12.5 Å². The van der Waals surface area contributed by atoms with E-state index in [-0.39, 0.29) is 11.0 Å². The Morgan fingerprint density at radius 2 is 2.25 bits per heavy atom. The summed E-state index contributed by atoms with van der Waals surface area (Å²) in [5, 5.41) is 14.1. The first-order valence-corrected chi connectivity index (χ1v) is 8.34. The number of hydrogen-bond donors (Lipinski definition) is 1. The number of esters is 1. The number of nitro groups is 1. The summed E-state index contributed by atoms with van der Waals surface area (Å²) in [5.41, 5.74) is 1.81. The van der Waals surface area contributed by atoms with Crippen LogP contribution in [0.4, 0.5) is 10.7 Å². The molecule has 0 saturated carbocycles. The van der Waals surface area contributed by atoms with Crippen molar-refractivity contribution in [2.24, 2.45) is 0 Å². The van der Waals surface area contributed by atoms with Gasteiger partial charge in [-0.15, -0.1) is 0 Å². The van der Waals surface area contributed by atoms with E-state index in [1.54, 1.807) is 13.0 Å². The lowest BCUT2D eigenvalue weighted by atomic mass is 10.1. The maximum absolute atomic E-state index is 11.4. The Morgan fingerprint density at radius 1 is 1.42 bits per heavy atom. The quantitative estimate of drug-likeness (QED) is 0.487. The van der Waals surface area contributed by atoms with E-state index in [0.717, 1.165) is 27.5 Å². The number of fused-ring (bicyclic) bond motifs is 1. The third kappa shape index (κ3) is 3.48. The van der Waals surface area contributed by atoms with Crippen molar-refractivity contribution in [1.29, 1.82) is 0 Å². The van der Waals surface area contributed by atoms with Crippen molar-refractivity contribution in [3.63, 3.8) is 0 Å². The van der Waals surface area contributed by atoms with E-state index in [2.05, 4.69) is 5.32 Å². The zero-order valence-electron chi connectivity index (χ0n) is 13.0. The lowest BCUT2D eigenvalue weighted by molar-refractivity contribution is -0.380. The number of carbonyl (C=O) groups excluding carboxylic acids is 1. The lowest BCUT2D eigenvalue weighted by Crippen LogP contribution is -2.08. The number of carbonyl (C=O) groups is 1. The van der Waals surface area contributed by atoms with E-state index in [1.807, 2.05) is 18.2 Å². The Morgan fingerprint density at radius 3 is 2.96 bits per heavy atom. The molecule has 1 unspecified atom stereocenters. The smallest absolute Gasteiger partial charge is 0.324 e. The molecule has 126 valence electrons. The van der Waals surface area contributed by atoms with Crippen LogP contribution >= 0.6 is 11.3 Å². The van der Waals surface area contributed by atoms with Gasteiger partial charge in [-0.1, -0.05) is 17.4 Å². The number of thiophene rings is 1. The van der Waals surface area contributed by atoms with Gasteiger partial charge in [0.2, 0.25) is 6.23 Å². The van der Waals surface area contributed by atoms with Gasteiger partial charge in [-0.3, -0.25) is 14.9 Å². The Hall–Kier alpha value is -2.61. The van der Waals surface area contributed by atoms with Crippen molar-refractivity contribution in [2.45, 2.75) is 26.0 Å². The highest BCUT2D eigenvalue weighted by Gasteiger charge is 2.26. The molecule has 8 heteroatoms. The molecule has 1 atom stereocenters. The van der Waals surface area contributed by atoms with Gasteiger partial charge >= 0.3 is 11.0 Å². The highest BCUT2D eigenvalue weighted by molar-refractivity contribution is 7.15. The minimum Gasteiger partial charge on any atom is -0.466 e. The second-order valence-corrected chi connectivity index (χ2v) is 6.30. The SMILES string of the molecule is CCOC(=O)CCc1ccc2c(c1)NC(c1ccc([N+](=O)[O-])s1)O2. The Labute approximate surface area is 142 Å². The molecule has 1 aliphatic rings. The van der Waals surface area contributed by atoms with Crippen LogP contribution in [0.5, 0.6) is 5.75 Å². The van der Waals surface area contributed by atoms with Crippen LogP contribution in [-0.4, -0.2) is 17.5 Å². The minimum atomic E-state index is -0.431. The molecule has 0 bridgehead atoms. The predicted octanol–water partition coefficient (Wildman–Crippen LogP) is 3.66. The monoisotopic (exact) mass is 348 g/mol. The lowest BCUT2D eigenvalue weighted by Gasteiger charge is -2.07. The largest absolute Gasteiger partial charge is 0.466 e.